The van der Waals surface area contributed by atoms with Gasteiger partial charge in [-0.3, -0.25) is 0 Å². The highest BCUT2D eigenvalue weighted by molar-refractivity contribution is 5.59. The number of benzene rings is 3. The van der Waals surface area contributed by atoms with Gasteiger partial charge in [0.05, 0.1) is 20.8 Å². The van der Waals surface area contributed by atoms with Gasteiger partial charge in [-0.15, -0.1) is 0 Å². The van der Waals surface area contributed by atoms with Crippen LogP contribution < -0.4 is 25.4 Å². The van der Waals surface area contributed by atoms with Gasteiger partial charge < -0.3 is 25.4 Å². The number of anilines is 4. The highest BCUT2D eigenvalue weighted by atomic mass is 16.5. The van der Waals surface area contributed by atoms with Crippen LogP contribution in [0.5, 0.6) is 11.5 Å². The van der Waals surface area contributed by atoms with Crippen LogP contribution in [0.4, 0.5) is 23.5 Å². The zero-order valence-electron chi connectivity index (χ0n) is 18.6. The van der Waals surface area contributed by atoms with Crippen LogP contribution >= 0.6 is 0 Å². The van der Waals surface area contributed by atoms with Crippen molar-refractivity contribution in [3.8, 4) is 11.5 Å². The number of nitrogens with two attached hydrogens (primary N) is 1. The third-order valence-electron chi connectivity index (χ3n) is 5.06. The maximum Gasteiger partial charge on any atom is 0.236 e. The summed E-state index contributed by atoms with van der Waals surface area (Å²) in [5.41, 5.74) is 9.14. The quantitative estimate of drug-likeness (QED) is 0.393. The molecule has 33 heavy (non-hydrogen) atoms. The average molecular weight is 443 g/mol. The number of aromatic nitrogens is 3. The Balaban J connectivity index is 1.59. The number of hydrogen-bond donors (Lipinski definition) is 2. The zero-order chi connectivity index (χ0) is 23.0. The third-order valence-corrected chi connectivity index (χ3v) is 5.06. The SMILES string of the molecule is COc1ccc(CNc2nc(N)nc(N(Cc3ccc(OC)cc3)c3ccccc3)n2)cc1. The number of methoxy groups -OCH3 is 2. The van der Waals surface area contributed by atoms with E-state index in [-0.39, 0.29) is 5.95 Å². The fourth-order valence-electron chi connectivity index (χ4n) is 3.30. The molecule has 4 aromatic rings. The summed E-state index contributed by atoms with van der Waals surface area (Å²) in [6.07, 6.45) is 0. The van der Waals surface area contributed by atoms with Gasteiger partial charge in [-0.1, -0.05) is 42.5 Å². The Morgan fingerprint density at radius 2 is 1.36 bits per heavy atom. The molecule has 0 aliphatic heterocycles. The largest absolute Gasteiger partial charge is 0.497 e. The monoisotopic (exact) mass is 442 g/mol. The summed E-state index contributed by atoms with van der Waals surface area (Å²) >= 11 is 0. The molecule has 0 atom stereocenters. The average Bonchev–Trinajstić information content (AvgIpc) is 2.87. The summed E-state index contributed by atoms with van der Waals surface area (Å²) in [5.74, 6) is 2.63. The summed E-state index contributed by atoms with van der Waals surface area (Å²) in [6, 6.07) is 25.6. The second kappa shape index (κ2) is 10.3. The Morgan fingerprint density at radius 3 is 1.97 bits per heavy atom. The normalized spacial score (nSPS) is 10.5. The summed E-state index contributed by atoms with van der Waals surface area (Å²) in [7, 11) is 3.30. The molecular weight excluding hydrogens is 416 g/mol. The number of hydrogen-bond acceptors (Lipinski definition) is 8. The van der Waals surface area contributed by atoms with E-state index in [0.717, 1.165) is 28.3 Å². The van der Waals surface area contributed by atoms with Gasteiger partial charge in [0, 0.05) is 12.2 Å². The molecule has 4 rings (SSSR count). The van der Waals surface area contributed by atoms with Crippen LogP contribution in [0.2, 0.25) is 0 Å². The summed E-state index contributed by atoms with van der Waals surface area (Å²) in [5, 5.41) is 3.24. The number of nitrogen functional groups attached to an aromatic ring is 1. The van der Waals surface area contributed by atoms with Crippen LogP contribution in [0.3, 0.4) is 0 Å². The predicted octanol–water partition coefficient (Wildman–Crippen LogP) is 4.42. The molecule has 3 aromatic carbocycles. The van der Waals surface area contributed by atoms with E-state index in [1.165, 1.54) is 0 Å². The summed E-state index contributed by atoms with van der Waals surface area (Å²) in [4.78, 5) is 15.3. The minimum Gasteiger partial charge on any atom is -0.497 e. The lowest BCUT2D eigenvalue weighted by Gasteiger charge is -2.23. The van der Waals surface area contributed by atoms with E-state index in [9.17, 15) is 0 Å². The van der Waals surface area contributed by atoms with Crippen molar-refractivity contribution in [1.82, 2.24) is 15.0 Å². The van der Waals surface area contributed by atoms with E-state index in [4.69, 9.17) is 15.2 Å². The highest BCUT2D eigenvalue weighted by Gasteiger charge is 2.16. The fraction of sp³-hybridized carbons (Fsp3) is 0.160. The molecule has 0 saturated carbocycles. The fourth-order valence-corrected chi connectivity index (χ4v) is 3.30. The molecule has 0 amide bonds. The van der Waals surface area contributed by atoms with Crippen molar-refractivity contribution in [1.29, 1.82) is 0 Å². The number of ether oxygens (including phenoxy) is 2. The molecular formula is C25H26N6O2. The molecule has 0 aliphatic rings. The number of nitrogens with one attached hydrogen (secondary N) is 1. The van der Waals surface area contributed by atoms with Gasteiger partial charge in [0.2, 0.25) is 17.8 Å². The van der Waals surface area contributed by atoms with E-state index >= 15 is 0 Å². The van der Waals surface area contributed by atoms with Gasteiger partial charge in [0.15, 0.2) is 0 Å². The maximum atomic E-state index is 6.05. The molecule has 1 aromatic heterocycles. The van der Waals surface area contributed by atoms with Crippen molar-refractivity contribution in [2.45, 2.75) is 13.1 Å². The molecule has 8 heteroatoms. The molecule has 168 valence electrons. The van der Waals surface area contributed by atoms with Gasteiger partial charge >= 0.3 is 0 Å². The third kappa shape index (κ3) is 5.68. The van der Waals surface area contributed by atoms with Crippen LogP contribution in [0.25, 0.3) is 0 Å². The van der Waals surface area contributed by atoms with Crippen molar-refractivity contribution in [2.24, 2.45) is 0 Å². The smallest absolute Gasteiger partial charge is 0.236 e. The topological polar surface area (TPSA) is 98.4 Å². The van der Waals surface area contributed by atoms with Gasteiger partial charge in [-0.05, 0) is 47.5 Å². The summed E-state index contributed by atoms with van der Waals surface area (Å²) < 4.78 is 10.5. The molecule has 0 unspecified atom stereocenters. The van der Waals surface area contributed by atoms with Crippen molar-refractivity contribution < 1.29 is 9.47 Å². The van der Waals surface area contributed by atoms with E-state index in [0.29, 0.717) is 25.0 Å². The number of rotatable bonds is 9. The van der Waals surface area contributed by atoms with Crippen molar-refractivity contribution in [2.75, 3.05) is 30.2 Å². The molecule has 0 saturated heterocycles. The second-order valence-corrected chi connectivity index (χ2v) is 7.29. The van der Waals surface area contributed by atoms with E-state index in [1.54, 1.807) is 14.2 Å². The molecule has 8 nitrogen and oxygen atoms in total. The zero-order valence-corrected chi connectivity index (χ0v) is 18.6. The van der Waals surface area contributed by atoms with Gasteiger partial charge in [-0.2, -0.15) is 15.0 Å². The second-order valence-electron chi connectivity index (χ2n) is 7.29. The Bertz CT molecular complexity index is 1170. The highest BCUT2D eigenvalue weighted by Crippen LogP contribution is 2.26. The molecule has 3 N–H and O–H groups in total. The van der Waals surface area contributed by atoms with E-state index < -0.39 is 0 Å². The van der Waals surface area contributed by atoms with Crippen LogP contribution in [0, 0.1) is 0 Å². The maximum absolute atomic E-state index is 6.05. The molecule has 0 spiro atoms. The lowest BCUT2D eigenvalue weighted by Crippen LogP contribution is -2.21. The van der Waals surface area contributed by atoms with Gasteiger partial charge in [-0.25, -0.2) is 0 Å². The van der Waals surface area contributed by atoms with Crippen LogP contribution in [0.15, 0.2) is 78.9 Å². The van der Waals surface area contributed by atoms with E-state index in [2.05, 4.69) is 20.3 Å². The van der Waals surface area contributed by atoms with Gasteiger partial charge in [0.25, 0.3) is 0 Å². The molecule has 0 radical (unpaired) electrons. The Kier molecular flexibility index (Phi) is 6.84. The summed E-state index contributed by atoms with van der Waals surface area (Å²) in [6.45, 7) is 1.09. The lowest BCUT2D eigenvalue weighted by molar-refractivity contribution is 0.414. The first-order valence-corrected chi connectivity index (χ1v) is 10.5. The molecule has 0 aliphatic carbocycles. The van der Waals surface area contributed by atoms with Crippen molar-refractivity contribution in [3.63, 3.8) is 0 Å². The van der Waals surface area contributed by atoms with Crippen molar-refractivity contribution in [3.05, 3.63) is 90.0 Å². The Labute approximate surface area is 193 Å². The Morgan fingerprint density at radius 1 is 0.758 bits per heavy atom. The Hall–Kier alpha value is -4.33. The van der Waals surface area contributed by atoms with Crippen LogP contribution in [-0.2, 0) is 13.1 Å². The van der Waals surface area contributed by atoms with Crippen LogP contribution in [-0.4, -0.2) is 29.2 Å². The number of nitrogens with zero attached hydrogens (tertiary/aromatic N) is 4. The lowest BCUT2D eigenvalue weighted by atomic mass is 10.2. The first-order chi connectivity index (χ1) is 16.1. The first-order valence-electron chi connectivity index (χ1n) is 10.5. The van der Waals surface area contributed by atoms with Crippen LogP contribution in [0.1, 0.15) is 11.1 Å². The molecule has 0 bridgehead atoms. The minimum absolute atomic E-state index is 0.146. The van der Waals surface area contributed by atoms with E-state index in [1.807, 2.05) is 83.8 Å². The standard InChI is InChI=1S/C25H26N6O2/c1-32-21-12-8-18(9-13-21)16-27-24-28-23(26)29-25(30-24)31(20-6-4-3-5-7-20)17-19-10-14-22(33-2)15-11-19/h3-15H,16-17H2,1-2H3,(H3,26,27,28,29,30). The molecule has 1 heterocycles. The van der Waals surface area contributed by atoms with Crippen molar-refractivity contribution >= 4 is 23.5 Å². The first kappa shape index (κ1) is 21.9. The van der Waals surface area contributed by atoms with Gasteiger partial charge in [0.1, 0.15) is 11.5 Å². The number of para-hydroxylation sites is 1. The minimum atomic E-state index is 0.146. The predicted molar refractivity (Wildman–Crippen MR) is 130 cm³/mol. The molecule has 0 fully saturated rings.